The van der Waals surface area contributed by atoms with Crippen molar-refractivity contribution in [1.82, 2.24) is 5.32 Å². The van der Waals surface area contributed by atoms with Gasteiger partial charge >= 0.3 is 6.09 Å². The largest absolute Gasteiger partial charge is 0.447 e. The van der Waals surface area contributed by atoms with Crippen LogP contribution in [0.25, 0.3) is 0 Å². The van der Waals surface area contributed by atoms with Gasteiger partial charge in [0.25, 0.3) is 0 Å². The number of carbonyl (C=O) groups excluding carboxylic acids is 1. The van der Waals surface area contributed by atoms with E-state index in [0.717, 1.165) is 6.42 Å². The monoisotopic (exact) mass is 187 g/mol. The molecule has 0 saturated heterocycles. The SMILES string of the molecule is CC(C)C[C@H](C)NC(=O)OC(C)C. The van der Waals surface area contributed by atoms with Crippen LogP contribution < -0.4 is 5.32 Å². The standard InChI is InChI=1S/C10H21NO2/c1-7(2)6-9(5)11-10(12)13-8(3)4/h7-9H,6H2,1-5H3,(H,11,12)/t9-/m0/s1. The van der Waals surface area contributed by atoms with E-state index in [1.54, 1.807) is 0 Å². The summed E-state index contributed by atoms with van der Waals surface area (Å²) in [6.45, 7) is 9.93. The molecule has 1 atom stereocenters. The fourth-order valence-corrected chi connectivity index (χ4v) is 1.22. The summed E-state index contributed by atoms with van der Waals surface area (Å²) in [6, 6.07) is 0.186. The van der Waals surface area contributed by atoms with Crippen LogP contribution in [0.2, 0.25) is 0 Å². The molecule has 0 spiro atoms. The van der Waals surface area contributed by atoms with E-state index in [9.17, 15) is 4.79 Å². The third-order valence-corrected chi connectivity index (χ3v) is 1.53. The Bertz CT molecular complexity index is 155. The maximum absolute atomic E-state index is 11.1. The summed E-state index contributed by atoms with van der Waals surface area (Å²) in [5.74, 6) is 0.592. The lowest BCUT2D eigenvalue weighted by Gasteiger charge is -2.16. The maximum Gasteiger partial charge on any atom is 0.407 e. The molecule has 1 amide bonds. The molecule has 78 valence electrons. The topological polar surface area (TPSA) is 38.3 Å². The number of nitrogens with one attached hydrogen (secondary N) is 1. The van der Waals surface area contributed by atoms with Crippen LogP contribution in [0.3, 0.4) is 0 Å². The first-order chi connectivity index (χ1) is 5.91. The van der Waals surface area contributed by atoms with E-state index in [-0.39, 0.29) is 18.2 Å². The molecule has 0 heterocycles. The number of amides is 1. The Balaban J connectivity index is 3.65. The van der Waals surface area contributed by atoms with Crippen LogP contribution in [0.1, 0.15) is 41.0 Å². The van der Waals surface area contributed by atoms with Gasteiger partial charge in [-0.25, -0.2) is 4.79 Å². The average Bonchev–Trinajstić information content (AvgIpc) is 1.80. The second kappa shape index (κ2) is 5.84. The molecule has 0 aromatic heterocycles. The predicted molar refractivity (Wildman–Crippen MR) is 53.7 cm³/mol. The Kier molecular flexibility index (Phi) is 5.51. The van der Waals surface area contributed by atoms with E-state index in [1.807, 2.05) is 20.8 Å². The second-order valence-corrected chi connectivity index (χ2v) is 4.13. The molecule has 3 heteroatoms. The lowest BCUT2D eigenvalue weighted by Crippen LogP contribution is -2.35. The van der Waals surface area contributed by atoms with Gasteiger partial charge in [0, 0.05) is 6.04 Å². The molecule has 0 rings (SSSR count). The molecule has 0 aromatic carbocycles. The summed E-state index contributed by atoms with van der Waals surface area (Å²) in [7, 11) is 0. The zero-order valence-corrected chi connectivity index (χ0v) is 9.26. The number of ether oxygens (including phenoxy) is 1. The summed E-state index contributed by atoms with van der Waals surface area (Å²) in [5.41, 5.74) is 0. The maximum atomic E-state index is 11.1. The molecule has 0 radical (unpaired) electrons. The highest BCUT2D eigenvalue weighted by atomic mass is 16.6. The average molecular weight is 187 g/mol. The van der Waals surface area contributed by atoms with Crippen molar-refractivity contribution in [3.63, 3.8) is 0 Å². The molecule has 0 unspecified atom stereocenters. The van der Waals surface area contributed by atoms with E-state index in [2.05, 4.69) is 19.2 Å². The fourth-order valence-electron chi connectivity index (χ4n) is 1.22. The summed E-state index contributed by atoms with van der Waals surface area (Å²) >= 11 is 0. The van der Waals surface area contributed by atoms with Gasteiger partial charge in [0.2, 0.25) is 0 Å². The van der Waals surface area contributed by atoms with E-state index >= 15 is 0 Å². The van der Waals surface area contributed by atoms with Crippen molar-refractivity contribution in [2.45, 2.75) is 53.2 Å². The molecule has 0 aliphatic heterocycles. The Morgan fingerprint density at radius 2 is 1.77 bits per heavy atom. The Morgan fingerprint density at radius 3 is 2.15 bits per heavy atom. The minimum atomic E-state index is -0.317. The van der Waals surface area contributed by atoms with Crippen molar-refractivity contribution >= 4 is 6.09 Å². The molecule has 0 aliphatic carbocycles. The normalized spacial score (nSPS) is 13.2. The zero-order valence-electron chi connectivity index (χ0n) is 9.26. The van der Waals surface area contributed by atoms with Crippen LogP contribution >= 0.6 is 0 Å². The quantitative estimate of drug-likeness (QED) is 0.734. The first-order valence-corrected chi connectivity index (χ1v) is 4.89. The van der Waals surface area contributed by atoms with Crippen LogP contribution in [0.5, 0.6) is 0 Å². The molecular formula is C10H21NO2. The van der Waals surface area contributed by atoms with E-state index in [0.29, 0.717) is 5.92 Å². The number of alkyl carbamates (subject to hydrolysis) is 1. The second-order valence-electron chi connectivity index (χ2n) is 4.13. The highest BCUT2D eigenvalue weighted by Gasteiger charge is 2.10. The number of hydrogen-bond donors (Lipinski definition) is 1. The molecule has 0 bridgehead atoms. The van der Waals surface area contributed by atoms with Crippen molar-refractivity contribution in [2.75, 3.05) is 0 Å². The van der Waals surface area contributed by atoms with Crippen LogP contribution in [0.15, 0.2) is 0 Å². The minimum absolute atomic E-state index is 0.0498. The summed E-state index contributed by atoms with van der Waals surface area (Å²) < 4.78 is 4.95. The van der Waals surface area contributed by atoms with Gasteiger partial charge in [0.05, 0.1) is 6.10 Å². The molecule has 3 nitrogen and oxygen atoms in total. The van der Waals surface area contributed by atoms with Crippen molar-refractivity contribution < 1.29 is 9.53 Å². The van der Waals surface area contributed by atoms with Gasteiger partial charge in [0.1, 0.15) is 0 Å². The Hall–Kier alpha value is -0.730. The van der Waals surface area contributed by atoms with Gasteiger partial charge < -0.3 is 10.1 Å². The van der Waals surface area contributed by atoms with E-state index < -0.39 is 0 Å². The van der Waals surface area contributed by atoms with Crippen LogP contribution in [0, 0.1) is 5.92 Å². The fraction of sp³-hybridized carbons (Fsp3) is 0.900. The van der Waals surface area contributed by atoms with Crippen molar-refractivity contribution in [3.8, 4) is 0 Å². The molecule has 13 heavy (non-hydrogen) atoms. The Morgan fingerprint density at radius 1 is 1.23 bits per heavy atom. The van der Waals surface area contributed by atoms with Gasteiger partial charge in [-0.3, -0.25) is 0 Å². The van der Waals surface area contributed by atoms with E-state index in [1.165, 1.54) is 0 Å². The molecule has 0 aliphatic rings. The minimum Gasteiger partial charge on any atom is -0.447 e. The van der Waals surface area contributed by atoms with Gasteiger partial charge in [-0.2, -0.15) is 0 Å². The van der Waals surface area contributed by atoms with Gasteiger partial charge in [-0.05, 0) is 33.1 Å². The number of rotatable bonds is 4. The van der Waals surface area contributed by atoms with Crippen LogP contribution in [0.4, 0.5) is 4.79 Å². The molecule has 0 saturated carbocycles. The third-order valence-electron chi connectivity index (χ3n) is 1.53. The van der Waals surface area contributed by atoms with Crippen LogP contribution in [-0.4, -0.2) is 18.2 Å². The highest BCUT2D eigenvalue weighted by Crippen LogP contribution is 2.04. The zero-order chi connectivity index (χ0) is 10.4. The highest BCUT2D eigenvalue weighted by molar-refractivity contribution is 5.67. The lowest BCUT2D eigenvalue weighted by molar-refractivity contribution is 0.112. The molecule has 1 N–H and O–H groups in total. The van der Waals surface area contributed by atoms with Gasteiger partial charge in [-0.1, -0.05) is 13.8 Å². The van der Waals surface area contributed by atoms with Crippen LogP contribution in [-0.2, 0) is 4.74 Å². The van der Waals surface area contributed by atoms with Crippen molar-refractivity contribution in [2.24, 2.45) is 5.92 Å². The van der Waals surface area contributed by atoms with Crippen molar-refractivity contribution in [3.05, 3.63) is 0 Å². The van der Waals surface area contributed by atoms with Gasteiger partial charge in [0.15, 0.2) is 0 Å². The summed E-state index contributed by atoms with van der Waals surface area (Å²) in [6.07, 6.45) is 0.613. The smallest absolute Gasteiger partial charge is 0.407 e. The number of carbonyl (C=O) groups is 1. The Labute approximate surface area is 80.8 Å². The summed E-state index contributed by atoms with van der Waals surface area (Å²) in [4.78, 5) is 11.1. The van der Waals surface area contributed by atoms with Gasteiger partial charge in [-0.15, -0.1) is 0 Å². The predicted octanol–water partition coefficient (Wildman–Crippen LogP) is 2.56. The third kappa shape index (κ3) is 7.62. The van der Waals surface area contributed by atoms with Crippen molar-refractivity contribution in [1.29, 1.82) is 0 Å². The molecular weight excluding hydrogens is 166 g/mol. The van der Waals surface area contributed by atoms with E-state index in [4.69, 9.17) is 4.74 Å². The molecule has 0 fully saturated rings. The summed E-state index contributed by atoms with van der Waals surface area (Å²) in [5, 5.41) is 2.78. The number of hydrogen-bond acceptors (Lipinski definition) is 2. The molecule has 0 aromatic rings. The first-order valence-electron chi connectivity index (χ1n) is 4.89. The lowest BCUT2D eigenvalue weighted by atomic mass is 10.1. The first kappa shape index (κ1) is 12.3.